The molecule has 1 saturated heterocycles. The zero-order valence-electron chi connectivity index (χ0n) is 12.2. The second-order valence-electron chi connectivity index (χ2n) is 6.54. The lowest BCUT2D eigenvalue weighted by molar-refractivity contribution is -0.0963. The molecule has 2 aliphatic rings. The largest absolute Gasteiger partial charge is 0.375 e. The SMILES string of the molecule is Cc1ccc(C(N)C2CCOC3(CCCC3)C2)c(Cl)c1. The Morgan fingerprint density at radius 2 is 2.10 bits per heavy atom. The molecule has 0 aromatic heterocycles. The van der Waals surface area contributed by atoms with Crippen molar-refractivity contribution in [3.8, 4) is 0 Å². The van der Waals surface area contributed by atoms with Crippen molar-refractivity contribution in [2.75, 3.05) is 6.61 Å². The van der Waals surface area contributed by atoms with E-state index in [1.165, 1.54) is 31.2 Å². The van der Waals surface area contributed by atoms with Crippen molar-refractivity contribution in [1.29, 1.82) is 0 Å². The number of ether oxygens (including phenoxy) is 1. The molecule has 1 spiro atoms. The van der Waals surface area contributed by atoms with E-state index in [1.54, 1.807) is 0 Å². The van der Waals surface area contributed by atoms with Gasteiger partial charge in [-0.15, -0.1) is 0 Å². The van der Waals surface area contributed by atoms with Gasteiger partial charge in [-0.3, -0.25) is 0 Å². The summed E-state index contributed by atoms with van der Waals surface area (Å²) in [5.41, 5.74) is 8.93. The molecule has 1 saturated carbocycles. The lowest BCUT2D eigenvalue weighted by Gasteiger charge is -2.40. The fraction of sp³-hybridized carbons (Fsp3) is 0.647. The van der Waals surface area contributed by atoms with Crippen LogP contribution in [0, 0.1) is 12.8 Å². The van der Waals surface area contributed by atoms with Crippen molar-refractivity contribution in [3.05, 3.63) is 34.3 Å². The minimum atomic E-state index is 0.0319. The summed E-state index contributed by atoms with van der Waals surface area (Å²) in [7, 11) is 0. The first kappa shape index (κ1) is 14.4. The van der Waals surface area contributed by atoms with E-state index in [-0.39, 0.29) is 11.6 Å². The highest BCUT2D eigenvalue weighted by atomic mass is 35.5. The smallest absolute Gasteiger partial charge is 0.0685 e. The normalized spacial score (nSPS) is 26.9. The van der Waals surface area contributed by atoms with Gasteiger partial charge >= 0.3 is 0 Å². The molecule has 2 unspecified atom stereocenters. The van der Waals surface area contributed by atoms with Crippen LogP contribution in [-0.2, 0) is 4.74 Å². The van der Waals surface area contributed by atoms with Gasteiger partial charge in [-0.1, -0.05) is 36.6 Å². The van der Waals surface area contributed by atoms with Gasteiger partial charge in [0, 0.05) is 17.7 Å². The molecule has 3 heteroatoms. The quantitative estimate of drug-likeness (QED) is 0.878. The Morgan fingerprint density at radius 1 is 1.35 bits per heavy atom. The Labute approximate surface area is 126 Å². The number of nitrogens with two attached hydrogens (primary N) is 1. The van der Waals surface area contributed by atoms with Gasteiger partial charge in [0.2, 0.25) is 0 Å². The summed E-state index contributed by atoms with van der Waals surface area (Å²) in [6.45, 7) is 2.91. The van der Waals surface area contributed by atoms with E-state index in [9.17, 15) is 0 Å². The van der Waals surface area contributed by atoms with E-state index in [1.807, 2.05) is 6.07 Å². The summed E-state index contributed by atoms with van der Waals surface area (Å²) in [6, 6.07) is 6.25. The summed E-state index contributed by atoms with van der Waals surface area (Å²) in [6.07, 6.45) is 7.15. The molecule has 110 valence electrons. The van der Waals surface area contributed by atoms with E-state index in [0.29, 0.717) is 5.92 Å². The zero-order chi connectivity index (χ0) is 14.2. The molecule has 0 radical (unpaired) electrons. The number of benzene rings is 1. The molecule has 2 N–H and O–H groups in total. The van der Waals surface area contributed by atoms with Gasteiger partial charge in [0.15, 0.2) is 0 Å². The van der Waals surface area contributed by atoms with E-state index >= 15 is 0 Å². The number of hydrogen-bond acceptors (Lipinski definition) is 2. The lowest BCUT2D eigenvalue weighted by atomic mass is 9.79. The van der Waals surface area contributed by atoms with Crippen molar-refractivity contribution < 1.29 is 4.74 Å². The first-order chi connectivity index (χ1) is 9.60. The maximum atomic E-state index is 6.53. The summed E-state index contributed by atoms with van der Waals surface area (Å²) >= 11 is 6.38. The molecule has 1 aromatic rings. The van der Waals surface area contributed by atoms with Crippen LogP contribution < -0.4 is 5.73 Å². The van der Waals surface area contributed by atoms with Gasteiger partial charge in [0.25, 0.3) is 0 Å². The predicted octanol–water partition coefficient (Wildman–Crippen LogP) is 4.39. The third-order valence-corrected chi connectivity index (χ3v) is 5.40. The molecular weight excluding hydrogens is 270 g/mol. The second-order valence-corrected chi connectivity index (χ2v) is 6.95. The van der Waals surface area contributed by atoms with E-state index < -0.39 is 0 Å². The van der Waals surface area contributed by atoms with Crippen molar-refractivity contribution >= 4 is 11.6 Å². The maximum Gasteiger partial charge on any atom is 0.0685 e. The second kappa shape index (κ2) is 5.67. The number of hydrogen-bond donors (Lipinski definition) is 1. The van der Waals surface area contributed by atoms with Gasteiger partial charge in [0.05, 0.1) is 5.60 Å². The average molecular weight is 294 g/mol. The molecule has 1 aromatic carbocycles. The molecule has 20 heavy (non-hydrogen) atoms. The Kier molecular flexibility index (Phi) is 4.07. The lowest BCUT2D eigenvalue weighted by Crippen LogP contribution is -2.40. The first-order valence-corrected chi connectivity index (χ1v) is 8.13. The Morgan fingerprint density at radius 3 is 2.80 bits per heavy atom. The molecule has 1 aliphatic heterocycles. The van der Waals surface area contributed by atoms with Gasteiger partial charge in [0.1, 0.15) is 0 Å². The summed E-state index contributed by atoms with van der Waals surface area (Å²) < 4.78 is 6.10. The van der Waals surface area contributed by atoms with Crippen molar-refractivity contribution in [2.45, 2.75) is 57.1 Å². The average Bonchev–Trinajstić information content (AvgIpc) is 2.86. The van der Waals surface area contributed by atoms with Crippen LogP contribution in [0.4, 0.5) is 0 Å². The van der Waals surface area contributed by atoms with E-state index in [0.717, 1.165) is 30.0 Å². The monoisotopic (exact) mass is 293 g/mol. The van der Waals surface area contributed by atoms with Crippen molar-refractivity contribution in [1.82, 2.24) is 0 Å². The Balaban J connectivity index is 1.77. The molecule has 2 fully saturated rings. The van der Waals surface area contributed by atoms with Crippen LogP contribution in [0.1, 0.15) is 55.7 Å². The standard InChI is InChI=1S/C17H24ClNO/c1-12-4-5-14(15(18)10-12)16(19)13-6-9-20-17(11-13)7-2-3-8-17/h4-5,10,13,16H,2-3,6-9,11,19H2,1H3. The van der Waals surface area contributed by atoms with Crippen molar-refractivity contribution in [2.24, 2.45) is 11.7 Å². The highest BCUT2D eigenvalue weighted by Gasteiger charge is 2.41. The van der Waals surface area contributed by atoms with Crippen LogP contribution in [-0.4, -0.2) is 12.2 Å². The Hall–Kier alpha value is -0.570. The van der Waals surface area contributed by atoms with Crippen LogP contribution in [0.15, 0.2) is 18.2 Å². The molecular formula is C17H24ClNO. The Bertz CT molecular complexity index is 482. The van der Waals surface area contributed by atoms with Crippen LogP contribution >= 0.6 is 11.6 Å². The van der Waals surface area contributed by atoms with Crippen molar-refractivity contribution in [3.63, 3.8) is 0 Å². The highest BCUT2D eigenvalue weighted by Crippen LogP contribution is 2.45. The topological polar surface area (TPSA) is 35.2 Å². The summed E-state index contributed by atoms with van der Waals surface area (Å²) in [4.78, 5) is 0. The summed E-state index contributed by atoms with van der Waals surface area (Å²) in [5.74, 6) is 0.488. The minimum absolute atomic E-state index is 0.0319. The van der Waals surface area contributed by atoms with Crippen LogP contribution in [0.3, 0.4) is 0 Å². The summed E-state index contributed by atoms with van der Waals surface area (Å²) in [5, 5.41) is 0.810. The predicted molar refractivity (Wildman–Crippen MR) is 83.0 cm³/mol. The third kappa shape index (κ3) is 2.74. The molecule has 1 heterocycles. The highest BCUT2D eigenvalue weighted by molar-refractivity contribution is 6.31. The van der Waals surface area contributed by atoms with Crippen LogP contribution in [0.2, 0.25) is 5.02 Å². The molecule has 0 amide bonds. The van der Waals surface area contributed by atoms with E-state index in [2.05, 4.69) is 19.1 Å². The molecule has 0 bridgehead atoms. The minimum Gasteiger partial charge on any atom is -0.375 e. The fourth-order valence-corrected chi connectivity index (χ4v) is 4.26. The zero-order valence-corrected chi connectivity index (χ0v) is 13.0. The van der Waals surface area contributed by atoms with Gasteiger partial charge < -0.3 is 10.5 Å². The molecule has 2 atom stereocenters. The van der Waals surface area contributed by atoms with Crippen LogP contribution in [0.5, 0.6) is 0 Å². The fourth-order valence-electron chi connectivity index (χ4n) is 3.90. The van der Waals surface area contributed by atoms with E-state index in [4.69, 9.17) is 22.1 Å². The number of halogens is 1. The number of rotatable bonds is 2. The molecule has 2 nitrogen and oxygen atoms in total. The van der Waals surface area contributed by atoms with Crippen LogP contribution in [0.25, 0.3) is 0 Å². The van der Waals surface area contributed by atoms with Gasteiger partial charge in [-0.2, -0.15) is 0 Å². The first-order valence-electron chi connectivity index (χ1n) is 7.75. The molecule has 1 aliphatic carbocycles. The van der Waals surface area contributed by atoms with Gasteiger partial charge in [-0.05, 0) is 55.7 Å². The van der Waals surface area contributed by atoms with Gasteiger partial charge in [-0.25, -0.2) is 0 Å². The molecule has 3 rings (SSSR count). The maximum absolute atomic E-state index is 6.53. The third-order valence-electron chi connectivity index (χ3n) is 5.07. The number of aryl methyl sites for hydroxylation is 1.